The monoisotopic (exact) mass is 393 g/mol. The highest BCUT2D eigenvalue weighted by Crippen LogP contribution is 2.20. The fourth-order valence-electron chi connectivity index (χ4n) is 2.68. The van der Waals surface area contributed by atoms with Crippen molar-refractivity contribution < 1.29 is 28.8 Å². The third-order valence-electron chi connectivity index (χ3n) is 3.99. The Morgan fingerprint density at radius 2 is 1.79 bits per heavy atom. The van der Waals surface area contributed by atoms with Gasteiger partial charge in [0.15, 0.2) is 0 Å². The number of aliphatic hydroxyl groups is 1. The molecule has 8 nitrogen and oxygen atoms in total. The average molecular weight is 393 g/mol. The van der Waals surface area contributed by atoms with Crippen molar-refractivity contribution >= 4 is 16.9 Å². The Morgan fingerprint density at radius 1 is 1.07 bits per heavy atom. The predicted molar refractivity (Wildman–Crippen MR) is 104 cm³/mol. The molecule has 0 radical (unpaired) electrons. The van der Waals surface area contributed by atoms with Gasteiger partial charge >= 0.3 is 5.97 Å². The van der Waals surface area contributed by atoms with Crippen LogP contribution in [0.2, 0.25) is 0 Å². The quantitative estimate of drug-likeness (QED) is 0.432. The minimum absolute atomic E-state index is 0.00477. The summed E-state index contributed by atoms with van der Waals surface area (Å²) in [7, 11) is 0. The summed E-state index contributed by atoms with van der Waals surface area (Å²) in [6.45, 7) is 6.31. The number of rotatable bonds is 12. The van der Waals surface area contributed by atoms with Gasteiger partial charge in [0.05, 0.1) is 45.2 Å². The van der Waals surface area contributed by atoms with Crippen LogP contribution in [0.15, 0.2) is 29.2 Å². The molecule has 2 rings (SSSR count). The van der Waals surface area contributed by atoms with Crippen LogP contribution in [0.5, 0.6) is 5.75 Å². The lowest BCUT2D eigenvalue weighted by molar-refractivity contribution is 0.0247. The first kappa shape index (κ1) is 21.9. The van der Waals surface area contributed by atoms with Crippen molar-refractivity contribution in [2.24, 2.45) is 0 Å². The normalized spacial score (nSPS) is 11.0. The number of carbonyl (C=O) groups excluding carboxylic acids is 1. The van der Waals surface area contributed by atoms with Gasteiger partial charge in [-0.3, -0.25) is 4.79 Å². The van der Waals surface area contributed by atoms with Crippen LogP contribution in [-0.4, -0.2) is 61.9 Å². The van der Waals surface area contributed by atoms with Crippen LogP contribution in [0.25, 0.3) is 10.9 Å². The number of aryl methyl sites for hydroxylation is 1. The smallest absolute Gasteiger partial charge is 0.343 e. The first-order valence-electron chi connectivity index (χ1n) is 9.35. The second-order valence-electron chi connectivity index (χ2n) is 5.85. The van der Waals surface area contributed by atoms with Crippen molar-refractivity contribution in [2.75, 3.05) is 46.2 Å². The Hall–Kier alpha value is -2.42. The van der Waals surface area contributed by atoms with Crippen molar-refractivity contribution in [1.82, 2.24) is 4.57 Å². The number of fused-ring (bicyclic) bond motifs is 1. The molecule has 0 saturated heterocycles. The topological polar surface area (TPSA) is 96.2 Å². The summed E-state index contributed by atoms with van der Waals surface area (Å²) in [6.07, 6.45) is 1.53. The molecule has 154 valence electrons. The average Bonchev–Trinajstić information content (AvgIpc) is 2.70. The summed E-state index contributed by atoms with van der Waals surface area (Å²) in [5.74, 6) is -0.00448. The first-order chi connectivity index (χ1) is 13.6. The molecule has 1 aromatic heterocycles. The van der Waals surface area contributed by atoms with Gasteiger partial charge < -0.3 is 28.6 Å². The third-order valence-corrected chi connectivity index (χ3v) is 3.99. The van der Waals surface area contributed by atoms with Crippen LogP contribution in [0, 0.1) is 0 Å². The van der Waals surface area contributed by atoms with Crippen LogP contribution in [-0.2, 0) is 20.8 Å². The summed E-state index contributed by atoms with van der Waals surface area (Å²) in [6, 6.07) is 5.13. The van der Waals surface area contributed by atoms with Gasteiger partial charge in [0.1, 0.15) is 17.9 Å². The molecule has 0 amide bonds. The van der Waals surface area contributed by atoms with Crippen molar-refractivity contribution in [3.05, 3.63) is 40.2 Å². The standard InChI is InChI=1S/C20H27NO7/c1-3-21-14-17(20(24)27-4-2)19(23)16-6-5-15(13-18(16)21)28-12-11-26-10-9-25-8-7-22/h5-6,13-14,22H,3-4,7-12H2,1-2H3. The molecule has 0 atom stereocenters. The van der Waals surface area contributed by atoms with Crippen LogP contribution < -0.4 is 10.2 Å². The second-order valence-corrected chi connectivity index (χ2v) is 5.85. The fourth-order valence-corrected chi connectivity index (χ4v) is 2.68. The number of nitrogens with zero attached hydrogens (tertiary/aromatic N) is 1. The molecule has 0 aliphatic heterocycles. The maximum Gasteiger partial charge on any atom is 0.343 e. The lowest BCUT2D eigenvalue weighted by Crippen LogP contribution is -2.20. The van der Waals surface area contributed by atoms with Gasteiger partial charge in [-0.05, 0) is 26.0 Å². The van der Waals surface area contributed by atoms with E-state index < -0.39 is 5.97 Å². The molecule has 0 saturated carbocycles. The molecule has 8 heteroatoms. The highest BCUT2D eigenvalue weighted by atomic mass is 16.5. The number of aliphatic hydroxyl groups excluding tert-OH is 1. The number of ether oxygens (including phenoxy) is 4. The van der Waals surface area contributed by atoms with E-state index in [0.717, 1.165) is 0 Å². The number of hydrogen-bond acceptors (Lipinski definition) is 7. The molecular formula is C20H27NO7. The molecule has 0 aliphatic rings. The zero-order valence-corrected chi connectivity index (χ0v) is 16.3. The molecule has 1 heterocycles. The zero-order valence-electron chi connectivity index (χ0n) is 16.3. The molecule has 0 aliphatic carbocycles. The van der Waals surface area contributed by atoms with Gasteiger partial charge in [-0.15, -0.1) is 0 Å². The van der Waals surface area contributed by atoms with Crippen molar-refractivity contribution in [3.8, 4) is 5.75 Å². The summed E-state index contributed by atoms with van der Waals surface area (Å²) in [4.78, 5) is 24.7. The highest BCUT2D eigenvalue weighted by molar-refractivity contribution is 5.94. The number of benzene rings is 1. The van der Waals surface area contributed by atoms with E-state index in [4.69, 9.17) is 24.1 Å². The lowest BCUT2D eigenvalue weighted by atomic mass is 10.1. The van der Waals surface area contributed by atoms with Crippen LogP contribution in [0.1, 0.15) is 24.2 Å². The molecule has 0 unspecified atom stereocenters. The second kappa shape index (κ2) is 11.4. The van der Waals surface area contributed by atoms with Crippen molar-refractivity contribution in [1.29, 1.82) is 0 Å². The molecule has 0 bridgehead atoms. The van der Waals surface area contributed by atoms with Crippen molar-refractivity contribution in [3.63, 3.8) is 0 Å². The molecule has 0 spiro atoms. The van der Waals surface area contributed by atoms with Gasteiger partial charge in [-0.25, -0.2) is 4.79 Å². The van der Waals surface area contributed by atoms with Gasteiger partial charge in [0.25, 0.3) is 0 Å². The Labute approximate surface area is 163 Å². The van der Waals surface area contributed by atoms with E-state index in [2.05, 4.69) is 0 Å². The predicted octanol–water partition coefficient (Wildman–Crippen LogP) is 1.60. The van der Waals surface area contributed by atoms with Crippen LogP contribution in [0.4, 0.5) is 0 Å². The Balaban J connectivity index is 2.05. The largest absolute Gasteiger partial charge is 0.491 e. The SMILES string of the molecule is CCOC(=O)c1cn(CC)c2cc(OCCOCCOCCO)ccc2c1=O. The summed E-state index contributed by atoms with van der Waals surface area (Å²) in [5.41, 5.74) is 0.369. The fraction of sp³-hybridized carbons (Fsp3) is 0.500. The number of hydrogen-bond donors (Lipinski definition) is 1. The molecule has 1 N–H and O–H groups in total. The van der Waals surface area contributed by atoms with E-state index in [-0.39, 0.29) is 24.2 Å². The summed E-state index contributed by atoms with van der Waals surface area (Å²) in [5, 5.41) is 9.04. The first-order valence-corrected chi connectivity index (χ1v) is 9.35. The summed E-state index contributed by atoms with van der Waals surface area (Å²) >= 11 is 0. The Bertz CT molecular complexity index is 831. The third kappa shape index (κ3) is 5.79. The van der Waals surface area contributed by atoms with E-state index in [1.165, 1.54) is 6.20 Å². The van der Waals surface area contributed by atoms with Crippen LogP contribution >= 0.6 is 0 Å². The molecule has 2 aromatic rings. The molecule has 0 fully saturated rings. The van der Waals surface area contributed by atoms with Crippen LogP contribution in [0.3, 0.4) is 0 Å². The Kier molecular flexibility index (Phi) is 8.93. The maximum atomic E-state index is 12.6. The van der Waals surface area contributed by atoms with E-state index in [0.29, 0.717) is 56.2 Å². The van der Waals surface area contributed by atoms with E-state index in [1.54, 1.807) is 25.1 Å². The number of esters is 1. The number of aromatic nitrogens is 1. The van der Waals surface area contributed by atoms with Gasteiger partial charge in [-0.2, -0.15) is 0 Å². The zero-order chi connectivity index (χ0) is 20.4. The highest BCUT2D eigenvalue weighted by Gasteiger charge is 2.16. The number of pyridine rings is 1. The molecule has 1 aromatic carbocycles. The minimum Gasteiger partial charge on any atom is -0.491 e. The van der Waals surface area contributed by atoms with E-state index in [1.807, 2.05) is 11.5 Å². The minimum atomic E-state index is -0.614. The van der Waals surface area contributed by atoms with E-state index in [9.17, 15) is 9.59 Å². The Morgan fingerprint density at radius 3 is 2.46 bits per heavy atom. The number of carbonyl (C=O) groups is 1. The molecular weight excluding hydrogens is 366 g/mol. The van der Waals surface area contributed by atoms with Gasteiger partial charge in [0, 0.05) is 24.2 Å². The van der Waals surface area contributed by atoms with Gasteiger partial charge in [-0.1, -0.05) is 0 Å². The molecule has 28 heavy (non-hydrogen) atoms. The summed E-state index contributed by atoms with van der Waals surface area (Å²) < 4.78 is 23.0. The van der Waals surface area contributed by atoms with E-state index >= 15 is 0 Å². The maximum absolute atomic E-state index is 12.6. The van der Waals surface area contributed by atoms with Crippen molar-refractivity contribution in [2.45, 2.75) is 20.4 Å². The lowest BCUT2D eigenvalue weighted by Gasteiger charge is -2.13. The van der Waals surface area contributed by atoms with Gasteiger partial charge in [0.2, 0.25) is 5.43 Å².